The molecule has 1 aliphatic rings. The van der Waals surface area contributed by atoms with E-state index in [0.29, 0.717) is 11.5 Å². The quantitative estimate of drug-likeness (QED) is 0.608. The summed E-state index contributed by atoms with van der Waals surface area (Å²) in [5, 5.41) is 17.6. The highest BCUT2D eigenvalue weighted by Gasteiger charge is 2.30. The maximum absolute atomic E-state index is 10.7. The van der Waals surface area contributed by atoms with E-state index in [-0.39, 0.29) is 6.04 Å². The van der Waals surface area contributed by atoms with Crippen LogP contribution in [0.2, 0.25) is 0 Å². The number of methoxy groups -OCH3 is 1. The summed E-state index contributed by atoms with van der Waals surface area (Å²) in [6.07, 6.45) is 0.724. The normalized spacial score (nSPS) is 15.6. The first-order valence-electron chi connectivity index (χ1n) is 9.63. The second-order valence-electron chi connectivity index (χ2n) is 6.88. The van der Waals surface area contributed by atoms with E-state index in [1.54, 1.807) is 6.07 Å². The van der Waals surface area contributed by atoms with E-state index in [9.17, 15) is 9.90 Å². The van der Waals surface area contributed by atoms with Crippen LogP contribution in [-0.4, -0.2) is 25.4 Å². The van der Waals surface area contributed by atoms with Gasteiger partial charge in [0.25, 0.3) is 0 Å². The molecule has 0 bridgehead atoms. The molecule has 30 heavy (non-hydrogen) atoms. The molecule has 0 unspecified atom stereocenters. The van der Waals surface area contributed by atoms with Crippen molar-refractivity contribution in [2.45, 2.75) is 12.5 Å². The van der Waals surface area contributed by atoms with Crippen molar-refractivity contribution in [3.05, 3.63) is 90.0 Å². The van der Waals surface area contributed by atoms with Crippen LogP contribution in [0, 0.1) is 0 Å². The third-order valence-corrected chi connectivity index (χ3v) is 4.96. The minimum absolute atomic E-state index is 0.0355. The second-order valence-corrected chi connectivity index (χ2v) is 6.88. The van der Waals surface area contributed by atoms with Crippen molar-refractivity contribution in [1.82, 2.24) is 0 Å². The van der Waals surface area contributed by atoms with Crippen LogP contribution in [0.5, 0.6) is 11.5 Å². The van der Waals surface area contributed by atoms with Gasteiger partial charge in [-0.2, -0.15) is 5.10 Å². The molecule has 0 amide bonds. The Kier molecular flexibility index (Phi) is 5.66. The van der Waals surface area contributed by atoms with Gasteiger partial charge in [-0.25, -0.2) is 0 Å². The first-order valence-corrected chi connectivity index (χ1v) is 9.63. The van der Waals surface area contributed by atoms with Crippen molar-refractivity contribution < 1.29 is 19.4 Å². The van der Waals surface area contributed by atoms with E-state index in [4.69, 9.17) is 14.6 Å². The molecule has 0 radical (unpaired) electrons. The lowest BCUT2D eigenvalue weighted by atomic mass is 9.98. The summed E-state index contributed by atoms with van der Waals surface area (Å²) in [5.74, 6) is -0.457. The summed E-state index contributed by atoms with van der Waals surface area (Å²) in [4.78, 5) is 10.7. The number of rotatable bonds is 7. The maximum atomic E-state index is 10.7. The fourth-order valence-electron chi connectivity index (χ4n) is 3.54. The lowest BCUT2D eigenvalue weighted by Gasteiger charge is -2.24. The van der Waals surface area contributed by atoms with Crippen molar-refractivity contribution in [1.29, 1.82) is 0 Å². The first kappa shape index (κ1) is 19.5. The lowest BCUT2D eigenvalue weighted by Crippen LogP contribution is -2.29. The van der Waals surface area contributed by atoms with Crippen LogP contribution in [0.3, 0.4) is 0 Å². The molecule has 4 rings (SSSR count). The van der Waals surface area contributed by atoms with E-state index < -0.39 is 12.6 Å². The Bertz CT molecular complexity index is 1050. The van der Waals surface area contributed by atoms with Crippen molar-refractivity contribution in [3.63, 3.8) is 0 Å². The van der Waals surface area contributed by atoms with Gasteiger partial charge in [-0.1, -0.05) is 54.6 Å². The Hall–Kier alpha value is -3.80. The zero-order chi connectivity index (χ0) is 20.9. The Morgan fingerprint density at radius 2 is 1.73 bits per heavy atom. The predicted octanol–water partition coefficient (Wildman–Crippen LogP) is 3.18. The standard InChI is InChI=1S/C24H22N2O4/c1-29-23-14-18(12-13-22(23)30-16-24(27)28)21-15-20(17-8-4-2-5-9-17)25-26(21)19-10-6-3-7-11-19/h2-14,21H,15-16H2,1H3,(H,27,28)/p-1/t21-/m0/s1. The highest BCUT2D eigenvalue weighted by atomic mass is 16.5. The maximum Gasteiger partial charge on any atom is 0.161 e. The summed E-state index contributed by atoms with van der Waals surface area (Å²) >= 11 is 0. The van der Waals surface area contributed by atoms with E-state index >= 15 is 0 Å². The molecule has 1 heterocycles. The number of carboxylic acids is 1. The number of nitrogens with zero attached hydrogens (tertiary/aromatic N) is 2. The first-order chi connectivity index (χ1) is 14.7. The average Bonchev–Trinajstić information content (AvgIpc) is 3.24. The van der Waals surface area contributed by atoms with Gasteiger partial charge in [0.1, 0.15) is 6.61 Å². The number of benzene rings is 3. The molecular formula is C24H21N2O4-. The number of aliphatic carboxylic acids is 1. The highest BCUT2D eigenvalue weighted by molar-refractivity contribution is 6.03. The summed E-state index contributed by atoms with van der Waals surface area (Å²) in [5.41, 5.74) is 4.07. The minimum Gasteiger partial charge on any atom is -0.546 e. The Balaban J connectivity index is 1.69. The second kappa shape index (κ2) is 8.69. The number of ether oxygens (including phenoxy) is 2. The van der Waals surface area contributed by atoms with Gasteiger partial charge in [-0.15, -0.1) is 0 Å². The molecular weight excluding hydrogens is 380 g/mol. The van der Waals surface area contributed by atoms with E-state index in [0.717, 1.165) is 28.9 Å². The number of para-hydroxylation sites is 1. The van der Waals surface area contributed by atoms with Gasteiger partial charge in [0.2, 0.25) is 0 Å². The van der Waals surface area contributed by atoms with E-state index in [2.05, 4.69) is 12.1 Å². The van der Waals surface area contributed by atoms with Crippen LogP contribution in [0.4, 0.5) is 5.69 Å². The van der Waals surface area contributed by atoms with Crippen LogP contribution < -0.4 is 19.6 Å². The van der Waals surface area contributed by atoms with Gasteiger partial charge in [0, 0.05) is 6.42 Å². The number of hydrogen-bond acceptors (Lipinski definition) is 6. The summed E-state index contributed by atoms with van der Waals surface area (Å²) in [7, 11) is 1.53. The van der Waals surface area contributed by atoms with Crippen LogP contribution in [-0.2, 0) is 4.79 Å². The number of carboxylic acid groups (broad SMARTS) is 1. The lowest BCUT2D eigenvalue weighted by molar-refractivity contribution is -0.307. The molecule has 152 valence electrons. The van der Waals surface area contributed by atoms with Gasteiger partial charge >= 0.3 is 0 Å². The molecule has 6 nitrogen and oxygen atoms in total. The SMILES string of the molecule is COc1cc([C@@H]2CC(c3ccccc3)=NN2c2ccccc2)ccc1OCC(=O)[O-]. The number of carbonyl (C=O) groups is 1. The van der Waals surface area contributed by atoms with Gasteiger partial charge in [-0.3, -0.25) is 5.01 Å². The van der Waals surface area contributed by atoms with Gasteiger partial charge < -0.3 is 19.4 Å². The number of carbonyl (C=O) groups excluding carboxylic acids is 1. The Morgan fingerprint density at radius 3 is 2.40 bits per heavy atom. The Morgan fingerprint density at radius 1 is 1.03 bits per heavy atom. The number of anilines is 1. The molecule has 1 aliphatic heterocycles. The highest BCUT2D eigenvalue weighted by Crippen LogP contribution is 2.39. The molecule has 0 aromatic heterocycles. The van der Waals surface area contributed by atoms with Crippen molar-refractivity contribution in [2.75, 3.05) is 18.7 Å². The van der Waals surface area contributed by atoms with Gasteiger partial charge in [0.15, 0.2) is 11.5 Å². The molecule has 6 heteroatoms. The molecule has 3 aromatic rings. The number of hydrazone groups is 1. The fraction of sp³-hybridized carbons (Fsp3) is 0.167. The summed E-state index contributed by atoms with van der Waals surface area (Å²) in [6.45, 7) is -0.531. The molecule has 0 aliphatic carbocycles. The molecule has 1 atom stereocenters. The van der Waals surface area contributed by atoms with Crippen LogP contribution in [0.15, 0.2) is 84.0 Å². The Labute approximate surface area is 175 Å². The molecule has 0 saturated heterocycles. The zero-order valence-corrected chi connectivity index (χ0v) is 16.5. The van der Waals surface area contributed by atoms with Crippen LogP contribution in [0.1, 0.15) is 23.6 Å². The van der Waals surface area contributed by atoms with Crippen molar-refractivity contribution in [3.8, 4) is 11.5 Å². The van der Waals surface area contributed by atoms with Crippen LogP contribution in [0.25, 0.3) is 0 Å². The molecule has 0 saturated carbocycles. The molecule has 0 N–H and O–H groups in total. The minimum atomic E-state index is -1.28. The largest absolute Gasteiger partial charge is 0.546 e. The third-order valence-electron chi connectivity index (χ3n) is 4.96. The molecule has 0 fully saturated rings. The van der Waals surface area contributed by atoms with E-state index in [1.807, 2.05) is 65.7 Å². The van der Waals surface area contributed by atoms with Crippen LogP contribution >= 0.6 is 0 Å². The monoisotopic (exact) mass is 401 g/mol. The van der Waals surface area contributed by atoms with Crippen molar-refractivity contribution >= 4 is 17.4 Å². The fourth-order valence-corrected chi connectivity index (χ4v) is 3.54. The summed E-state index contributed by atoms with van der Waals surface area (Å²) in [6, 6.07) is 25.6. The third kappa shape index (κ3) is 4.12. The predicted molar refractivity (Wildman–Crippen MR) is 113 cm³/mol. The molecule has 3 aromatic carbocycles. The topological polar surface area (TPSA) is 74.2 Å². The van der Waals surface area contributed by atoms with Gasteiger partial charge in [0.05, 0.1) is 30.5 Å². The van der Waals surface area contributed by atoms with Crippen molar-refractivity contribution in [2.24, 2.45) is 5.10 Å². The van der Waals surface area contributed by atoms with E-state index in [1.165, 1.54) is 7.11 Å². The van der Waals surface area contributed by atoms with Gasteiger partial charge in [-0.05, 0) is 35.4 Å². The molecule has 0 spiro atoms. The smallest absolute Gasteiger partial charge is 0.161 e. The number of hydrogen-bond donors (Lipinski definition) is 0. The zero-order valence-electron chi connectivity index (χ0n) is 16.5. The summed E-state index contributed by atoms with van der Waals surface area (Å²) < 4.78 is 10.7. The average molecular weight is 401 g/mol.